The van der Waals surface area contributed by atoms with Gasteiger partial charge >= 0.3 is 0 Å². The van der Waals surface area contributed by atoms with Gasteiger partial charge in [0.1, 0.15) is 12.4 Å². The summed E-state index contributed by atoms with van der Waals surface area (Å²) in [6, 6.07) is 9.34. The molecule has 2 rings (SSSR count). The first-order valence-corrected chi connectivity index (χ1v) is 10.4. The maximum absolute atomic E-state index is 6.00. The van der Waals surface area contributed by atoms with Crippen molar-refractivity contribution in [3.8, 4) is 5.75 Å². The van der Waals surface area contributed by atoms with E-state index in [1.54, 1.807) is 0 Å². The highest BCUT2D eigenvalue weighted by molar-refractivity contribution is 5.31. The summed E-state index contributed by atoms with van der Waals surface area (Å²) in [6.07, 6.45) is 7.79. The summed E-state index contributed by atoms with van der Waals surface area (Å²) >= 11 is 0. The van der Waals surface area contributed by atoms with Gasteiger partial charge in [0.25, 0.3) is 0 Å². The first kappa shape index (κ1) is 21.2. The fourth-order valence-corrected chi connectivity index (χ4v) is 4.58. The van der Waals surface area contributed by atoms with Crippen LogP contribution in [-0.4, -0.2) is 30.8 Å². The largest absolute Gasteiger partial charge is 0.492 e. The average Bonchev–Trinajstić information content (AvgIpc) is 2.58. The van der Waals surface area contributed by atoms with Gasteiger partial charge in [0.2, 0.25) is 0 Å². The quantitative estimate of drug-likeness (QED) is 0.637. The van der Waals surface area contributed by atoms with E-state index in [1.807, 2.05) is 0 Å². The van der Waals surface area contributed by atoms with Crippen molar-refractivity contribution in [1.29, 1.82) is 0 Å². The summed E-state index contributed by atoms with van der Waals surface area (Å²) < 4.78 is 6.00. The molecule has 0 spiro atoms. The molecule has 0 saturated heterocycles. The third-order valence-electron chi connectivity index (χ3n) is 5.58. The molecule has 1 aliphatic rings. The molecular weight excluding hydrogens is 320 g/mol. The molecule has 148 valence electrons. The molecule has 0 aliphatic heterocycles. The second-order valence-corrected chi connectivity index (χ2v) is 9.78. The third kappa shape index (κ3) is 6.59. The molecule has 1 saturated carbocycles. The first-order chi connectivity index (χ1) is 12.2. The second kappa shape index (κ2) is 9.23. The highest BCUT2D eigenvalue weighted by Gasteiger charge is 2.27. The summed E-state index contributed by atoms with van der Waals surface area (Å²) in [4.78, 5) is 2.39. The lowest BCUT2D eigenvalue weighted by atomic mass is 9.72. The Morgan fingerprint density at radius 3 is 2.15 bits per heavy atom. The Morgan fingerprint density at radius 2 is 1.62 bits per heavy atom. The van der Waals surface area contributed by atoms with Crippen LogP contribution >= 0.6 is 0 Å². The van der Waals surface area contributed by atoms with E-state index in [0.29, 0.717) is 24.7 Å². The van der Waals surface area contributed by atoms with Crippen molar-refractivity contribution in [2.45, 2.75) is 84.6 Å². The Labute approximate surface area is 161 Å². The minimum atomic E-state index is 0.175. The van der Waals surface area contributed by atoms with Crippen LogP contribution in [0.5, 0.6) is 5.75 Å². The van der Waals surface area contributed by atoms with E-state index in [4.69, 9.17) is 10.5 Å². The number of hydrogen-bond donors (Lipinski definition) is 1. The predicted molar refractivity (Wildman–Crippen MR) is 112 cm³/mol. The Morgan fingerprint density at radius 1 is 1.00 bits per heavy atom. The molecule has 3 heteroatoms. The molecule has 26 heavy (non-hydrogen) atoms. The van der Waals surface area contributed by atoms with Crippen molar-refractivity contribution in [1.82, 2.24) is 4.90 Å². The molecule has 0 radical (unpaired) electrons. The van der Waals surface area contributed by atoms with E-state index < -0.39 is 0 Å². The topological polar surface area (TPSA) is 38.5 Å². The molecule has 0 heterocycles. The number of rotatable bonds is 8. The molecule has 1 aliphatic carbocycles. The van der Waals surface area contributed by atoms with Gasteiger partial charge < -0.3 is 10.5 Å². The monoisotopic (exact) mass is 360 g/mol. The van der Waals surface area contributed by atoms with Gasteiger partial charge in [-0.2, -0.15) is 0 Å². The van der Waals surface area contributed by atoms with Crippen molar-refractivity contribution in [2.75, 3.05) is 19.8 Å². The van der Waals surface area contributed by atoms with Gasteiger partial charge in [-0.1, -0.05) is 66.0 Å². The predicted octanol–water partition coefficient (Wildman–Crippen LogP) is 5.33. The van der Waals surface area contributed by atoms with E-state index in [9.17, 15) is 0 Å². The maximum atomic E-state index is 6.00. The summed E-state index contributed by atoms with van der Waals surface area (Å²) in [5.41, 5.74) is 7.85. The number of nitrogens with two attached hydrogens (primary N) is 1. The molecule has 0 bridgehead atoms. The number of hydrogen-bond acceptors (Lipinski definition) is 3. The van der Waals surface area contributed by atoms with Gasteiger partial charge in [0.15, 0.2) is 0 Å². The Kier molecular flexibility index (Phi) is 7.54. The van der Waals surface area contributed by atoms with Gasteiger partial charge in [-0.3, -0.25) is 4.90 Å². The SMILES string of the molecule is CC(C)(C)CC(C)(C)c1ccc(OCCN(CN)C2CCCCC2)cc1. The zero-order chi connectivity index (χ0) is 19.2. The molecule has 1 fully saturated rings. The lowest BCUT2D eigenvalue weighted by molar-refractivity contribution is 0.133. The van der Waals surface area contributed by atoms with Crippen LogP contribution in [0.25, 0.3) is 0 Å². The van der Waals surface area contributed by atoms with Crippen LogP contribution in [0.15, 0.2) is 24.3 Å². The van der Waals surface area contributed by atoms with Crippen LogP contribution in [0.2, 0.25) is 0 Å². The lowest BCUT2D eigenvalue weighted by Crippen LogP contribution is -2.42. The molecule has 3 nitrogen and oxygen atoms in total. The molecule has 0 amide bonds. The van der Waals surface area contributed by atoms with Crippen LogP contribution in [0, 0.1) is 5.41 Å². The summed E-state index contributed by atoms with van der Waals surface area (Å²) in [6.45, 7) is 13.8. The van der Waals surface area contributed by atoms with Crippen LogP contribution in [-0.2, 0) is 5.41 Å². The molecule has 0 aromatic heterocycles. The summed E-state index contributed by atoms with van der Waals surface area (Å²) in [5.74, 6) is 0.959. The average molecular weight is 361 g/mol. The van der Waals surface area contributed by atoms with Crippen molar-refractivity contribution in [3.63, 3.8) is 0 Å². The van der Waals surface area contributed by atoms with E-state index in [-0.39, 0.29) is 5.41 Å². The Hall–Kier alpha value is -1.06. The zero-order valence-corrected chi connectivity index (χ0v) is 17.7. The van der Waals surface area contributed by atoms with Gasteiger partial charge in [-0.15, -0.1) is 0 Å². The molecule has 1 aromatic carbocycles. The van der Waals surface area contributed by atoms with Gasteiger partial charge in [0.05, 0.1) is 0 Å². The molecule has 1 aromatic rings. The van der Waals surface area contributed by atoms with Gasteiger partial charge in [-0.05, 0) is 47.8 Å². The van der Waals surface area contributed by atoms with Gasteiger partial charge in [0, 0.05) is 19.3 Å². The maximum Gasteiger partial charge on any atom is 0.119 e. The fourth-order valence-electron chi connectivity index (χ4n) is 4.58. The van der Waals surface area contributed by atoms with E-state index in [2.05, 4.69) is 63.8 Å². The highest BCUT2D eigenvalue weighted by Crippen LogP contribution is 2.36. The Balaban J connectivity index is 1.85. The van der Waals surface area contributed by atoms with Crippen LogP contribution in [0.4, 0.5) is 0 Å². The standard InChI is InChI=1S/C23H40N2O/c1-22(2,3)17-23(4,5)19-11-13-21(14-12-19)26-16-15-25(18-24)20-9-7-6-8-10-20/h11-14,20H,6-10,15-18,24H2,1-5H3. The fraction of sp³-hybridized carbons (Fsp3) is 0.739. The number of nitrogens with zero attached hydrogens (tertiary/aromatic N) is 1. The van der Waals surface area contributed by atoms with Crippen LogP contribution in [0.1, 0.15) is 78.7 Å². The molecular formula is C23H40N2O. The smallest absolute Gasteiger partial charge is 0.119 e. The lowest BCUT2D eigenvalue weighted by Gasteiger charge is -2.33. The zero-order valence-electron chi connectivity index (χ0n) is 17.7. The van der Waals surface area contributed by atoms with Crippen molar-refractivity contribution in [2.24, 2.45) is 11.1 Å². The van der Waals surface area contributed by atoms with E-state index >= 15 is 0 Å². The van der Waals surface area contributed by atoms with E-state index in [1.165, 1.54) is 37.7 Å². The molecule has 0 atom stereocenters. The number of benzene rings is 1. The van der Waals surface area contributed by atoms with Crippen molar-refractivity contribution in [3.05, 3.63) is 29.8 Å². The molecule has 0 unspecified atom stereocenters. The third-order valence-corrected chi connectivity index (χ3v) is 5.58. The first-order valence-electron chi connectivity index (χ1n) is 10.4. The number of ether oxygens (including phenoxy) is 1. The summed E-state index contributed by atoms with van der Waals surface area (Å²) in [7, 11) is 0. The molecule has 2 N–H and O–H groups in total. The normalized spacial score (nSPS) is 16.9. The Bertz CT molecular complexity index is 524. The van der Waals surface area contributed by atoms with Gasteiger partial charge in [-0.25, -0.2) is 0 Å². The van der Waals surface area contributed by atoms with Crippen molar-refractivity contribution >= 4 is 0 Å². The summed E-state index contributed by atoms with van der Waals surface area (Å²) in [5, 5.41) is 0. The minimum Gasteiger partial charge on any atom is -0.492 e. The highest BCUT2D eigenvalue weighted by atomic mass is 16.5. The minimum absolute atomic E-state index is 0.175. The van der Waals surface area contributed by atoms with Crippen molar-refractivity contribution < 1.29 is 4.74 Å². The van der Waals surface area contributed by atoms with Crippen LogP contribution < -0.4 is 10.5 Å². The van der Waals surface area contributed by atoms with E-state index in [0.717, 1.165) is 18.7 Å². The van der Waals surface area contributed by atoms with Crippen LogP contribution in [0.3, 0.4) is 0 Å². The second-order valence-electron chi connectivity index (χ2n) is 9.78.